The molecule has 4 heteroatoms. The van der Waals surface area contributed by atoms with E-state index in [9.17, 15) is 9.90 Å². The number of rotatable bonds is 5. The monoisotopic (exact) mass is 252 g/mol. The molecule has 4 nitrogen and oxygen atoms in total. The van der Waals surface area contributed by atoms with Crippen molar-refractivity contribution >= 4 is 5.97 Å². The molecule has 1 rings (SSSR count). The van der Waals surface area contributed by atoms with Gasteiger partial charge < -0.3 is 14.6 Å². The molecule has 0 bridgehead atoms. The summed E-state index contributed by atoms with van der Waals surface area (Å²) in [5.74, 6) is 0.319. The molecule has 0 heterocycles. The van der Waals surface area contributed by atoms with Gasteiger partial charge in [-0.25, -0.2) is 0 Å². The van der Waals surface area contributed by atoms with Crippen molar-refractivity contribution < 1.29 is 19.4 Å². The lowest BCUT2D eigenvalue weighted by Gasteiger charge is -2.21. The molecule has 18 heavy (non-hydrogen) atoms. The van der Waals surface area contributed by atoms with Crippen LogP contribution >= 0.6 is 0 Å². The molecule has 0 spiro atoms. The molecular formula is C14H20O4. The van der Waals surface area contributed by atoms with E-state index < -0.39 is 11.5 Å². The predicted molar refractivity (Wildman–Crippen MR) is 68.4 cm³/mol. The van der Waals surface area contributed by atoms with Gasteiger partial charge in [0.05, 0.1) is 18.6 Å². The molecule has 0 aliphatic heterocycles. The van der Waals surface area contributed by atoms with Crippen LogP contribution in [0.5, 0.6) is 5.75 Å². The van der Waals surface area contributed by atoms with E-state index in [2.05, 4.69) is 0 Å². The zero-order chi connectivity index (χ0) is 13.8. The van der Waals surface area contributed by atoms with E-state index >= 15 is 0 Å². The minimum Gasteiger partial charge on any atom is -0.492 e. The minimum absolute atomic E-state index is 0.225. The summed E-state index contributed by atoms with van der Waals surface area (Å²) >= 11 is 0. The molecule has 0 aromatic heterocycles. The number of aliphatic hydroxyl groups is 1. The number of carbonyl (C=O) groups is 1. The van der Waals surface area contributed by atoms with Crippen LogP contribution in [-0.2, 0) is 9.53 Å². The first-order chi connectivity index (χ1) is 8.36. The van der Waals surface area contributed by atoms with E-state index in [0.29, 0.717) is 5.75 Å². The number of hydrogen-bond acceptors (Lipinski definition) is 4. The Morgan fingerprint density at radius 2 is 2.11 bits per heavy atom. The Morgan fingerprint density at radius 1 is 1.44 bits per heavy atom. The van der Waals surface area contributed by atoms with Gasteiger partial charge in [0, 0.05) is 0 Å². The number of carbonyl (C=O) groups excluding carboxylic acids is 1. The van der Waals surface area contributed by atoms with Crippen molar-refractivity contribution in [1.29, 1.82) is 0 Å². The van der Waals surface area contributed by atoms with Crippen LogP contribution in [0.1, 0.15) is 32.4 Å². The second kappa shape index (κ2) is 5.87. The van der Waals surface area contributed by atoms with Crippen LogP contribution < -0.4 is 4.74 Å². The molecule has 0 fully saturated rings. The molecular weight excluding hydrogens is 232 g/mol. The van der Waals surface area contributed by atoms with Crippen LogP contribution in [0.2, 0.25) is 0 Å². The van der Waals surface area contributed by atoms with E-state index in [1.807, 2.05) is 12.1 Å². The van der Waals surface area contributed by atoms with Gasteiger partial charge in [-0.15, -0.1) is 0 Å². The van der Waals surface area contributed by atoms with Crippen molar-refractivity contribution in [3.8, 4) is 5.75 Å². The number of methoxy groups -OCH3 is 1. The average Bonchev–Trinajstić information content (AvgIpc) is 2.35. The SMILES string of the molecule is COC(=O)C(C)(C)COc1cccc(C(C)O)c1. The molecule has 1 unspecified atom stereocenters. The highest BCUT2D eigenvalue weighted by atomic mass is 16.5. The largest absolute Gasteiger partial charge is 0.492 e. The summed E-state index contributed by atoms with van der Waals surface area (Å²) in [4.78, 5) is 11.5. The molecule has 0 saturated heterocycles. The number of ether oxygens (including phenoxy) is 2. The van der Waals surface area contributed by atoms with Crippen LogP contribution in [0.15, 0.2) is 24.3 Å². The van der Waals surface area contributed by atoms with E-state index in [0.717, 1.165) is 5.56 Å². The number of benzene rings is 1. The average molecular weight is 252 g/mol. The van der Waals surface area contributed by atoms with Gasteiger partial charge in [-0.2, -0.15) is 0 Å². The summed E-state index contributed by atoms with van der Waals surface area (Å²) in [5, 5.41) is 9.47. The summed E-state index contributed by atoms with van der Waals surface area (Å²) < 4.78 is 10.3. The maximum absolute atomic E-state index is 11.5. The Balaban J connectivity index is 2.69. The molecule has 0 amide bonds. The Labute approximate surface area is 108 Å². The summed E-state index contributed by atoms with van der Waals surface area (Å²) in [5.41, 5.74) is 0.0821. The van der Waals surface area contributed by atoms with E-state index in [1.165, 1.54) is 7.11 Å². The molecule has 0 saturated carbocycles. The molecule has 1 aromatic carbocycles. The third-order valence-corrected chi connectivity index (χ3v) is 2.68. The Kier molecular flexibility index (Phi) is 4.73. The van der Waals surface area contributed by atoms with Crippen molar-refractivity contribution in [2.45, 2.75) is 26.9 Å². The zero-order valence-corrected chi connectivity index (χ0v) is 11.3. The lowest BCUT2D eigenvalue weighted by molar-refractivity contribution is -0.152. The van der Waals surface area contributed by atoms with Crippen molar-refractivity contribution in [2.24, 2.45) is 5.41 Å². The predicted octanol–water partition coefficient (Wildman–Crippen LogP) is 2.32. The normalized spacial score (nSPS) is 12.9. The van der Waals surface area contributed by atoms with Gasteiger partial charge in [0.1, 0.15) is 12.4 Å². The maximum Gasteiger partial charge on any atom is 0.314 e. The third kappa shape index (κ3) is 3.74. The number of esters is 1. The Bertz CT molecular complexity index is 410. The van der Waals surface area contributed by atoms with E-state index in [4.69, 9.17) is 9.47 Å². The highest BCUT2D eigenvalue weighted by Crippen LogP contribution is 2.22. The van der Waals surface area contributed by atoms with E-state index in [-0.39, 0.29) is 12.6 Å². The smallest absolute Gasteiger partial charge is 0.314 e. The fourth-order valence-electron chi connectivity index (χ4n) is 1.46. The quantitative estimate of drug-likeness (QED) is 0.817. The van der Waals surface area contributed by atoms with Crippen molar-refractivity contribution in [3.05, 3.63) is 29.8 Å². The van der Waals surface area contributed by atoms with Gasteiger partial charge in [-0.3, -0.25) is 4.79 Å². The fraction of sp³-hybridized carbons (Fsp3) is 0.500. The lowest BCUT2D eigenvalue weighted by Crippen LogP contribution is -2.32. The minimum atomic E-state index is -0.699. The van der Waals surface area contributed by atoms with E-state index in [1.54, 1.807) is 32.9 Å². The summed E-state index contributed by atoms with van der Waals surface area (Å²) in [6, 6.07) is 7.18. The van der Waals surface area contributed by atoms with Gasteiger partial charge >= 0.3 is 5.97 Å². The molecule has 0 aliphatic rings. The van der Waals surface area contributed by atoms with Crippen LogP contribution in [0.3, 0.4) is 0 Å². The topological polar surface area (TPSA) is 55.8 Å². The van der Waals surface area contributed by atoms with Gasteiger partial charge in [-0.05, 0) is 38.5 Å². The number of hydrogen-bond donors (Lipinski definition) is 1. The first-order valence-electron chi connectivity index (χ1n) is 5.86. The summed E-state index contributed by atoms with van der Waals surface area (Å²) in [6.45, 7) is 5.44. The van der Waals surface area contributed by atoms with Crippen LogP contribution in [0, 0.1) is 5.41 Å². The molecule has 0 radical (unpaired) electrons. The molecule has 100 valence electrons. The zero-order valence-electron chi connectivity index (χ0n) is 11.3. The van der Waals surface area contributed by atoms with Crippen LogP contribution in [0.4, 0.5) is 0 Å². The van der Waals surface area contributed by atoms with Crippen molar-refractivity contribution in [3.63, 3.8) is 0 Å². The van der Waals surface area contributed by atoms with Gasteiger partial charge in [-0.1, -0.05) is 12.1 Å². The Morgan fingerprint density at radius 3 is 2.67 bits per heavy atom. The second-order valence-corrected chi connectivity index (χ2v) is 4.91. The third-order valence-electron chi connectivity index (χ3n) is 2.68. The Hall–Kier alpha value is -1.55. The summed E-state index contributed by atoms with van der Waals surface area (Å²) in [6.07, 6.45) is -0.540. The second-order valence-electron chi connectivity index (χ2n) is 4.91. The van der Waals surface area contributed by atoms with Crippen molar-refractivity contribution in [2.75, 3.05) is 13.7 Å². The summed E-state index contributed by atoms with van der Waals surface area (Å²) in [7, 11) is 1.36. The fourth-order valence-corrected chi connectivity index (χ4v) is 1.46. The number of aliphatic hydroxyl groups excluding tert-OH is 1. The van der Waals surface area contributed by atoms with Gasteiger partial charge in [0.15, 0.2) is 0 Å². The van der Waals surface area contributed by atoms with Crippen molar-refractivity contribution in [1.82, 2.24) is 0 Å². The highest BCUT2D eigenvalue weighted by molar-refractivity contribution is 5.75. The lowest BCUT2D eigenvalue weighted by atomic mass is 9.95. The molecule has 1 aromatic rings. The van der Waals surface area contributed by atoms with Crippen LogP contribution in [-0.4, -0.2) is 24.8 Å². The molecule has 0 aliphatic carbocycles. The van der Waals surface area contributed by atoms with Gasteiger partial charge in [0.2, 0.25) is 0 Å². The highest BCUT2D eigenvalue weighted by Gasteiger charge is 2.29. The standard InChI is InChI=1S/C14H20O4/c1-10(15)11-6-5-7-12(8-11)18-9-14(2,3)13(16)17-4/h5-8,10,15H,9H2,1-4H3. The van der Waals surface area contributed by atoms with Crippen LogP contribution in [0.25, 0.3) is 0 Å². The first kappa shape index (κ1) is 14.5. The van der Waals surface area contributed by atoms with Gasteiger partial charge in [0.25, 0.3) is 0 Å². The maximum atomic E-state index is 11.5. The molecule has 1 N–H and O–H groups in total. The first-order valence-corrected chi connectivity index (χ1v) is 5.86. The molecule has 1 atom stereocenters.